The molecule has 1 aromatic rings. The third kappa shape index (κ3) is 4.37. The van der Waals surface area contributed by atoms with Crippen LogP contribution in [0.4, 0.5) is 0 Å². The summed E-state index contributed by atoms with van der Waals surface area (Å²) < 4.78 is 0. The van der Waals surface area contributed by atoms with E-state index in [0.717, 1.165) is 34.5 Å². The molecule has 1 aliphatic rings. The number of hydrogen-bond donors (Lipinski definition) is 1. The second-order valence-electron chi connectivity index (χ2n) is 5.55. The van der Waals surface area contributed by atoms with Crippen LogP contribution < -0.4 is 5.32 Å². The number of hydrogen-bond acceptors (Lipinski definition) is 1. The van der Waals surface area contributed by atoms with Gasteiger partial charge in [0.05, 0.1) is 0 Å². The van der Waals surface area contributed by atoms with Crippen LogP contribution in [0.25, 0.3) is 0 Å². The molecular weight excluding hydrogens is 277 g/mol. The number of halogens is 2. The van der Waals surface area contributed by atoms with E-state index in [1.807, 2.05) is 18.2 Å². The SMILES string of the molecule is CCNC(Cc1c(Cl)cccc1Cl)CC1CCCC1. The van der Waals surface area contributed by atoms with Gasteiger partial charge in [0.25, 0.3) is 0 Å². The van der Waals surface area contributed by atoms with Crippen LogP contribution in [-0.2, 0) is 6.42 Å². The van der Waals surface area contributed by atoms with Crippen molar-refractivity contribution in [3.63, 3.8) is 0 Å². The first-order valence-electron chi connectivity index (χ1n) is 7.37. The summed E-state index contributed by atoms with van der Waals surface area (Å²) in [6.45, 7) is 3.16. The Balaban J connectivity index is 2.02. The minimum Gasteiger partial charge on any atom is -0.314 e. The predicted molar refractivity (Wildman–Crippen MR) is 84.2 cm³/mol. The number of nitrogens with one attached hydrogen (secondary N) is 1. The second-order valence-corrected chi connectivity index (χ2v) is 6.36. The molecule has 1 aliphatic carbocycles. The van der Waals surface area contributed by atoms with Crippen molar-refractivity contribution in [3.05, 3.63) is 33.8 Å². The fraction of sp³-hybridized carbons (Fsp3) is 0.625. The van der Waals surface area contributed by atoms with Crippen molar-refractivity contribution in [3.8, 4) is 0 Å². The maximum atomic E-state index is 6.28. The maximum absolute atomic E-state index is 6.28. The quantitative estimate of drug-likeness (QED) is 0.771. The molecule has 0 aromatic heterocycles. The van der Waals surface area contributed by atoms with Crippen molar-refractivity contribution < 1.29 is 0 Å². The zero-order chi connectivity index (χ0) is 13.7. The second kappa shape index (κ2) is 7.52. The van der Waals surface area contributed by atoms with Crippen molar-refractivity contribution in [1.29, 1.82) is 0 Å². The Bertz CT molecular complexity index is 379. The highest BCUT2D eigenvalue weighted by molar-refractivity contribution is 6.35. The van der Waals surface area contributed by atoms with Crippen molar-refractivity contribution in [2.45, 2.75) is 51.5 Å². The highest BCUT2D eigenvalue weighted by Gasteiger charge is 2.21. The van der Waals surface area contributed by atoms with E-state index in [0.29, 0.717) is 6.04 Å². The van der Waals surface area contributed by atoms with E-state index in [1.165, 1.54) is 32.1 Å². The molecule has 0 spiro atoms. The number of benzene rings is 1. The molecule has 1 fully saturated rings. The molecule has 0 aliphatic heterocycles. The van der Waals surface area contributed by atoms with E-state index < -0.39 is 0 Å². The minimum absolute atomic E-state index is 0.491. The van der Waals surface area contributed by atoms with Gasteiger partial charge in [-0.25, -0.2) is 0 Å². The van der Waals surface area contributed by atoms with Gasteiger partial charge in [0.2, 0.25) is 0 Å². The van der Waals surface area contributed by atoms with Gasteiger partial charge in [0.1, 0.15) is 0 Å². The Labute approximate surface area is 126 Å². The topological polar surface area (TPSA) is 12.0 Å². The summed E-state index contributed by atoms with van der Waals surface area (Å²) in [6, 6.07) is 6.27. The lowest BCUT2D eigenvalue weighted by molar-refractivity contribution is 0.390. The summed E-state index contributed by atoms with van der Waals surface area (Å²) in [5, 5.41) is 5.18. The third-order valence-electron chi connectivity index (χ3n) is 4.10. The Hall–Kier alpha value is -0.240. The summed E-state index contributed by atoms with van der Waals surface area (Å²) in [7, 11) is 0. The molecule has 0 heterocycles. The first kappa shape index (κ1) is 15.2. The summed E-state index contributed by atoms with van der Waals surface area (Å²) in [4.78, 5) is 0. The van der Waals surface area contributed by atoms with Gasteiger partial charge < -0.3 is 5.32 Å². The monoisotopic (exact) mass is 299 g/mol. The van der Waals surface area contributed by atoms with E-state index in [4.69, 9.17) is 23.2 Å². The average molecular weight is 300 g/mol. The first-order chi connectivity index (χ1) is 9.20. The lowest BCUT2D eigenvalue weighted by Gasteiger charge is -2.22. The smallest absolute Gasteiger partial charge is 0.0453 e. The van der Waals surface area contributed by atoms with Crippen molar-refractivity contribution in [2.75, 3.05) is 6.54 Å². The summed E-state index contributed by atoms with van der Waals surface area (Å²) in [5.74, 6) is 0.880. The van der Waals surface area contributed by atoms with E-state index in [9.17, 15) is 0 Å². The largest absolute Gasteiger partial charge is 0.314 e. The van der Waals surface area contributed by atoms with Crippen LogP contribution in [0.2, 0.25) is 10.0 Å². The van der Waals surface area contributed by atoms with Crippen LogP contribution in [0.3, 0.4) is 0 Å². The summed E-state index contributed by atoms with van der Waals surface area (Å²) in [6.07, 6.45) is 7.75. The van der Waals surface area contributed by atoms with Crippen molar-refractivity contribution in [2.24, 2.45) is 5.92 Å². The normalized spacial score (nSPS) is 17.8. The molecule has 0 saturated heterocycles. The standard InChI is InChI=1S/C16H23Cl2N/c1-2-19-13(10-12-6-3-4-7-12)11-14-15(17)8-5-9-16(14)18/h5,8-9,12-13,19H,2-4,6-7,10-11H2,1H3. The Morgan fingerprint density at radius 3 is 2.42 bits per heavy atom. The van der Waals surface area contributed by atoms with Gasteiger partial charge in [0, 0.05) is 16.1 Å². The van der Waals surface area contributed by atoms with Crippen LogP contribution >= 0.6 is 23.2 Å². The molecule has 1 unspecified atom stereocenters. The van der Waals surface area contributed by atoms with Crippen molar-refractivity contribution in [1.82, 2.24) is 5.32 Å². The fourth-order valence-corrected chi connectivity index (χ4v) is 3.70. The Morgan fingerprint density at radius 2 is 1.84 bits per heavy atom. The molecule has 1 N–H and O–H groups in total. The first-order valence-corrected chi connectivity index (χ1v) is 8.12. The molecule has 1 saturated carbocycles. The molecule has 0 radical (unpaired) electrons. The van der Waals surface area contributed by atoms with E-state index >= 15 is 0 Å². The molecule has 2 rings (SSSR count). The molecule has 106 valence electrons. The molecule has 19 heavy (non-hydrogen) atoms. The van der Waals surface area contributed by atoms with Gasteiger partial charge in [-0.3, -0.25) is 0 Å². The van der Waals surface area contributed by atoms with Gasteiger partial charge >= 0.3 is 0 Å². The predicted octanol–water partition coefficient (Wildman–Crippen LogP) is 5.09. The lowest BCUT2D eigenvalue weighted by atomic mass is 9.94. The highest BCUT2D eigenvalue weighted by atomic mass is 35.5. The van der Waals surface area contributed by atoms with E-state index in [1.54, 1.807) is 0 Å². The fourth-order valence-electron chi connectivity index (χ4n) is 3.15. The molecule has 3 heteroatoms. The molecular formula is C16H23Cl2N. The summed E-state index contributed by atoms with van der Waals surface area (Å²) >= 11 is 12.6. The zero-order valence-corrected chi connectivity index (χ0v) is 13.1. The third-order valence-corrected chi connectivity index (χ3v) is 4.81. The van der Waals surface area contributed by atoms with E-state index in [2.05, 4.69) is 12.2 Å². The van der Waals surface area contributed by atoms with Crippen LogP contribution in [0, 0.1) is 5.92 Å². The van der Waals surface area contributed by atoms with E-state index in [-0.39, 0.29) is 0 Å². The van der Waals surface area contributed by atoms with Gasteiger partial charge in [0.15, 0.2) is 0 Å². The number of likely N-dealkylation sites (N-methyl/N-ethyl adjacent to an activating group) is 1. The summed E-state index contributed by atoms with van der Waals surface area (Å²) in [5.41, 5.74) is 1.09. The number of rotatable bonds is 6. The highest BCUT2D eigenvalue weighted by Crippen LogP contribution is 2.31. The molecule has 1 aromatic carbocycles. The lowest BCUT2D eigenvalue weighted by Crippen LogP contribution is -2.32. The van der Waals surface area contributed by atoms with Crippen molar-refractivity contribution >= 4 is 23.2 Å². The molecule has 0 bridgehead atoms. The molecule has 1 nitrogen and oxygen atoms in total. The maximum Gasteiger partial charge on any atom is 0.0453 e. The van der Waals surface area contributed by atoms with Crippen LogP contribution in [0.15, 0.2) is 18.2 Å². The molecule has 1 atom stereocenters. The van der Waals surface area contributed by atoms with Gasteiger partial charge in [-0.2, -0.15) is 0 Å². The molecule has 0 amide bonds. The van der Waals surface area contributed by atoms with Crippen LogP contribution in [0.5, 0.6) is 0 Å². The van der Waals surface area contributed by atoms with Gasteiger partial charge in [-0.15, -0.1) is 0 Å². The van der Waals surface area contributed by atoms with Gasteiger partial charge in [-0.05, 0) is 43.0 Å². The minimum atomic E-state index is 0.491. The average Bonchev–Trinajstić information content (AvgIpc) is 2.87. The van der Waals surface area contributed by atoms with Crippen LogP contribution in [0.1, 0.15) is 44.6 Å². The van der Waals surface area contributed by atoms with Crippen LogP contribution in [-0.4, -0.2) is 12.6 Å². The van der Waals surface area contributed by atoms with Gasteiger partial charge in [-0.1, -0.05) is 61.9 Å². The zero-order valence-electron chi connectivity index (χ0n) is 11.6. The Kier molecular flexibility index (Phi) is 6.00. The Morgan fingerprint density at radius 1 is 1.21 bits per heavy atom.